The van der Waals surface area contributed by atoms with E-state index in [-0.39, 0.29) is 18.0 Å². The van der Waals surface area contributed by atoms with E-state index < -0.39 is 14.1 Å². The molecule has 0 aromatic rings. The van der Waals surface area contributed by atoms with Crippen LogP contribution in [-0.4, -0.2) is 46.0 Å². The lowest BCUT2D eigenvalue weighted by atomic mass is 9.84. The van der Waals surface area contributed by atoms with Crippen LogP contribution in [0.4, 0.5) is 0 Å². The average molecular weight is 449 g/mol. The normalized spacial score (nSPS) is 24.2. The van der Waals surface area contributed by atoms with Crippen LogP contribution >= 0.6 is 0 Å². The van der Waals surface area contributed by atoms with Gasteiger partial charge in [-0.1, -0.05) is 48.1 Å². The van der Waals surface area contributed by atoms with E-state index in [2.05, 4.69) is 53.9 Å². The van der Waals surface area contributed by atoms with Crippen molar-refractivity contribution in [2.24, 2.45) is 5.92 Å². The van der Waals surface area contributed by atoms with Gasteiger partial charge in [-0.15, -0.1) is 5.73 Å². The van der Waals surface area contributed by atoms with Crippen molar-refractivity contribution in [1.29, 1.82) is 0 Å². The molecule has 2 aliphatic heterocycles. The van der Waals surface area contributed by atoms with Crippen molar-refractivity contribution >= 4 is 14.3 Å². The van der Waals surface area contributed by atoms with Gasteiger partial charge in [0.15, 0.2) is 14.1 Å². The molecular weight excluding hydrogens is 408 g/mol. The third-order valence-electron chi connectivity index (χ3n) is 7.43. The second-order valence-corrected chi connectivity index (χ2v) is 15.6. The smallest absolute Gasteiger partial charge is 0.334 e. The van der Waals surface area contributed by atoms with Gasteiger partial charge in [0.05, 0.1) is 13.2 Å². The van der Waals surface area contributed by atoms with Crippen LogP contribution in [0.2, 0.25) is 16.6 Å². The van der Waals surface area contributed by atoms with E-state index >= 15 is 0 Å². The summed E-state index contributed by atoms with van der Waals surface area (Å²) in [5, 5.41) is 0. The van der Waals surface area contributed by atoms with Crippen LogP contribution in [0.15, 0.2) is 29.5 Å². The van der Waals surface area contributed by atoms with E-state index in [0.717, 1.165) is 17.6 Å². The Labute approximate surface area is 189 Å². The molecule has 1 aliphatic carbocycles. The van der Waals surface area contributed by atoms with E-state index in [4.69, 9.17) is 18.6 Å². The monoisotopic (exact) mass is 448 g/mol. The minimum Gasteiger partial charge on any atom is -0.454 e. The molecule has 1 saturated heterocycles. The Morgan fingerprint density at radius 3 is 2.32 bits per heavy atom. The molecule has 3 aliphatic rings. The van der Waals surface area contributed by atoms with E-state index in [1.807, 2.05) is 6.08 Å². The SMILES string of the molecule is C=C=CC(CO[Si](C(C)C)(C(C)C)C(C)C)CC1OC(=O)C2=C1CC1(CC2)OCCO1. The summed E-state index contributed by atoms with van der Waals surface area (Å²) in [5.74, 6) is -0.653. The maximum Gasteiger partial charge on any atom is 0.334 e. The quantitative estimate of drug-likeness (QED) is 0.258. The van der Waals surface area contributed by atoms with Crippen molar-refractivity contribution in [3.63, 3.8) is 0 Å². The zero-order chi connectivity index (χ0) is 22.8. The minimum absolute atomic E-state index is 0.0913. The first-order valence-electron chi connectivity index (χ1n) is 11.9. The summed E-state index contributed by atoms with van der Waals surface area (Å²) < 4.78 is 24.5. The molecule has 3 rings (SSSR count). The fourth-order valence-corrected chi connectivity index (χ4v) is 11.6. The van der Waals surface area contributed by atoms with Crippen molar-refractivity contribution in [2.75, 3.05) is 19.8 Å². The fraction of sp³-hybridized carbons (Fsp3) is 0.760. The highest BCUT2D eigenvalue weighted by molar-refractivity contribution is 6.77. The number of rotatable bonds is 9. The molecule has 0 aromatic heterocycles. The maximum atomic E-state index is 12.5. The lowest BCUT2D eigenvalue weighted by Gasteiger charge is -2.43. The summed E-state index contributed by atoms with van der Waals surface area (Å²) in [7, 11) is -1.98. The third-order valence-corrected chi connectivity index (χ3v) is 13.5. The summed E-state index contributed by atoms with van der Waals surface area (Å²) in [6, 6.07) is 0. The lowest BCUT2D eigenvalue weighted by Crippen LogP contribution is -2.48. The molecule has 5 nitrogen and oxygen atoms in total. The van der Waals surface area contributed by atoms with Crippen molar-refractivity contribution in [2.45, 2.75) is 95.7 Å². The van der Waals surface area contributed by atoms with Crippen molar-refractivity contribution in [3.05, 3.63) is 29.5 Å². The van der Waals surface area contributed by atoms with Gasteiger partial charge in [-0.25, -0.2) is 4.79 Å². The van der Waals surface area contributed by atoms with Crippen LogP contribution in [0, 0.1) is 5.92 Å². The van der Waals surface area contributed by atoms with Crippen LogP contribution in [0.5, 0.6) is 0 Å². The van der Waals surface area contributed by atoms with E-state index in [1.54, 1.807) is 0 Å². The molecule has 0 bridgehead atoms. The van der Waals surface area contributed by atoms with Gasteiger partial charge >= 0.3 is 5.97 Å². The number of hydrogen-bond donors (Lipinski definition) is 0. The van der Waals surface area contributed by atoms with Crippen LogP contribution in [0.1, 0.15) is 67.2 Å². The van der Waals surface area contributed by atoms with Gasteiger partial charge < -0.3 is 18.6 Å². The number of esters is 1. The summed E-state index contributed by atoms with van der Waals surface area (Å²) in [6.07, 6.45) is 4.41. The number of carbonyl (C=O) groups excluding carboxylic acids is 1. The Balaban J connectivity index is 1.75. The zero-order valence-corrected chi connectivity index (χ0v) is 21.2. The highest BCUT2D eigenvalue weighted by atomic mass is 28.4. The average Bonchev–Trinajstić information content (AvgIpc) is 3.26. The van der Waals surface area contributed by atoms with Gasteiger partial charge in [0.2, 0.25) is 0 Å². The summed E-state index contributed by atoms with van der Waals surface area (Å²) in [4.78, 5) is 12.5. The highest BCUT2D eigenvalue weighted by Gasteiger charge is 2.48. The molecule has 0 aromatic carbocycles. The molecular formula is C25H40O5Si. The molecule has 6 heteroatoms. The van der Waals surface area contributed by atoms with Crippen LogP contribution < -0.4 is 0 Å². The zero-order valence-electron chi connectivity index (χ0n) is 20.2. The van der Waals surface area contributed by atoms with Crippen molar-refractivity contribution < 1.29 is 23.4 Å². The van der Waals surface area contributed by atoms with E-state index in [9.17, 15) is 4.79 Å². The van der Waals surface area contributed by atoms with Crippen molar-refractivity contribution in [1.82, 2.24) is 0 Å². The first kappa shape index (κ1) is 24.5. The summed E-state index contributed by atoms with van der Waals surface area (Å²) in [5.41, 5.74) is 6.40. The Bertz CT molecular complexity index is 719. The lowest BCUT2D eigenvalue weighted by molar-refractivity contribution is -0.164. The minimum atomic E-state index is -1.98. The number of cyclic esters (lactones) is 1. The molecule has 0 radical (unpaired) electrons. The predicted octanol–water partition coefficient (Wildman–Crippen LogP) is 5.67. The second kappa shape index (κ2) is 9.76. The molecule has 2 heterocycles. The molecule has 0 N–H and O–H groups in total. The van der Waals surface area contributed by atoms with Crippen LogP contribution in [0.3, 0.4) is 0 Å². The van der Waals surface area contributed by atoms with E-state index in [0.29, 0.717) is 55.7 Å². The Morgan fingerprint density at radius 2 is 1.77 bits per heavy atom. The molecule has 1 spiro atoms. The molecule has 0 saturated carbocycles. The first-order valence-corrected chi connectivity index (χ1v) is 14.0. The fourth-order valence-electron chi connectivity index (χ4n) is 6.09. The van der Waals surface area contributed by atoms with Gasteiger partial charge in [-0.3, -0.25) is 0 Å². The second-order valence-electron chi connectivity index (χ2n) is 10.2. The van der Waals surface area contributed by atoms with Gasteiger partial charge in [0, 0.05) is 30.9 Å². The Morgan fingerprint density at radius 1 is 1.16 bits per heavy atom. The first-order chi connectivity index (χ1) is 14.6. The van der Waals surface area contributed by atoms with Crippen LogP contribution in [0.25, 0.3) is 0 Å². The Kier molecular flexibility index (Phi) is 7.70. The molecule has 1 fully saturated rings. The maximum absolute atomic E-state index is 12.5. The van der Waals surface area contributed by atoms with Gasteiger partial charge in [-0.05, 0) is 41.1 Å². The van der Waals surface area contributed by atoms with E-state index in [1.165, 1.54) is 0 Å². The van der Waals surface area contributed by atoms with Gasteiger partial charge in [0.25, 0.3) is 0 Å². The number of carbonyl (C=O) groups is 1. The largest absolute Gasteiger partial charge is 0.454 e. The van der Waals surface area contributed by atoms with Crippen LogP contribution in [-0.2, 0) is 23.4 Å². The molecule has 0 amide bonds. The number of hydrogen-bond acceptors (Lipinski definition) is 5. The summed E-state index contributed by atoms with van der Waals surface area (Å²) in [6.45, 7) is 19.4. The standard InChI is InChI=1S/C25H40O5Si/c1-8-9-20(16-29-31(17(2)3,18(4)5)19(6)7)14-23-22-15-25(27-12-13-28-25)11-10-21(22)24(26)30-23/h9,17-20,23H,1,10-16H2,2-7H3. The number of ether oxygens (including phenoxy) is 3. The summed E-state index contributed by atoms with van der Waals surface area (Å²) >= 11 is 0. The molecule has 2 atom stereocenters. The van der Waals surface area contributed by atoms with Gasteiger partial charge in [0.1, 0.15) is 6.10 Å². The highest BCUT2D eigenvalue weighted by Crippen LogP contribution is 2.46. The van der Waals surface area contributed by atoms with Gasteiger partial charge in [-0.2, -0.15) is 0 Å². The van der Waals surface area contributed by atoms with Crippen molar-refractivity contribution in [3.8, 4) is 0 Å². The molecule has 174 valence electrons. The predicted molar refractivity (Wildman–Crippen MR) is 124 cm³/mol. The molecule has 31 heavy (non-hydrogen) atoms. The Hall–Kier alpha value is -1.17. The molecule has 2 unspecified atom stereocenters. The third kappa shape index (κ3) is 4.79. The topological polar surface area (TPSA) is 54.0 Å².